The summed E-state index contributed by atoms with van der Waals surface area (Å²) in [5.41, 5.74) is 1.21. The molecule has 1 aliphatic carbocycles. The summed E-state index contributed by atoms with van der Waals surface area (Å²) in [7, 11) is 1.57. The number of hydroxylamine groups is 2. The third-order valence-corrected chi connectivity index (χ3v) is 5.20. The van der Waals surface area contributed by atoms with E-state index in [1.807, 2.05) is 0 Å². The summed E-state index contributed by atoms with van der Waals surface area (Å²) in [4.78, 5) is 12.2. The molecular formula is C16H25NO4. The Morgan fingerprint density at radius 2 is 2.29 bits per heavy atom. The van der Waals surface area contributed by atoms with Crippen LogP contribution in [-0.4, -0.2) is 47.6 Å². The molecule has 0 aromatic carbocycles. The molecule has 5 heteroatoms. The summed E-state index contributed by atoms with van der Waals surface area (Å²) in [5.74, 6) is -0.323. The third-order valence-electron chi connectivity index (χ3n) is 5.20. The standard InChI is InChI=1S/C16H25NO4/c1-10-5-4-8-16(2)14(21-16)13-11(7-6-10)12(9-17(3)19)15(18)20-13/h5,11-14,19H,4,6-9H2,1-3H3/b10-5+/t11-,12-,13-,14-,16+/m0/s1. The Balaban J connectivity index is 1.83. The molecular weight excluding hydrogens is 270 g/mol. The molecule has 1 N–H and O–H groups in total. The van der Waals surface area contributed by atoms with Crippen LogP contribution >= 0.6 is 0 Å². The van der Waals surface area contributed by atoms with Gasteiger partial charge in [-0.05, 0) is 39.5 Å². The van der Waals surface area contributed by atoms with E-state index in [-0.39, 0.29) is 35.6 Å². The Bertz CT molecular complexity index is 461. The highest BCUT2D eigenvalue weighted by atomic mass is 16.6. The molecule has 2 aliphatic heterocycles. The van der Waals surface area contributed by atoms with E-state index in [1.165, 1.54) is 5.57 Å². The van der Waals surface area contributed by atoms with E-state index in [4.69, 9.17) is 9.47 Å². The zero-order valence-electron chi connectivity index (χ0n) is 13.0. The zero-order chi connectivity index (χ0) is 15.2. The van der Waals surface area contributed by atoms with Crippen molar-refractivity contribution >= 4 is 5.97 Å². The summed E-state index contributed by atoms with van der Waals surface area (Å²) < 4.78 is 11.5. The van der Waals surface area contributed by atoms with E-state index < -0.39 is 0 Å². The van der Waals surface area contributed by atoms with Crippen molar-refractivity contribution in [1.29, 1.82) is 0 Å². The number of allylic oxidation sites excluding steroid dienone is 2. The van der Waals surface area contributed by atoms with Crippen LogP contribution in [0.5, 0.6) is 0 Å². The fourth-order valence-corrected chi connectivity index (χ4v) is 3.83. The van der Waals surface area contributed by atoms with E-state index >= 15 is 0 Å². The maximum atomic E-state index is 12.2. The number of carbonyl (C=O) groups excluding carboxylic acids is 1. The van der Waals surface area contributed by atoms with Crippen molar-refractivity contribution in [3.05, 3.63) is 11.6 Å². The van der Waals surface area contributed by atoms with Gasteiger partial charge in [-0.1, -0.05) is 11.6 Å². The number of esters is 1. The van der Waals surface area contributed by atoms with Gasteiger partial charge in [-0.15, -0.1) is 0 Å². The molecule has 21 heavy (non-hydrogen) atoms. The first kappa shape index (κ1) is 15.0. The summed E-state index contributed by atoms with van der Waals surface area (Å²) >= 11 is 0. The molecule has 3 rings (SSSR count). The lowest BCUT2D eigenvalue weighted by Crippen LogP contribution is -2.34. The van der Waals surface area contributed by atoms with Crippen molar-refractivity contribution in [2.75, 3.05) is 13.6 Å². The Labute approximate surface area is 125 Å². The van der Waals surface area contributed by atoms with E-state index in [1.54, 1.807) is 7.05 Å². The smallest absolute Gasteiger partial charge is 0.311 e. The topological polar surface area (TPSA) is 62.3 Å². The molecule has 118 valence electrons. The van der Waals surface area contributed by atoms with Crippen LogP contribution in [0.4, 0.5) is 0 Å². The van der Waals surface area contributed by atoms with Crippen molar-refractivity contribution in [3.63, 3.8) is 0 Å². The van der Waals surface area contributed by atoms with Crippen molar-refractivity contribution in [1.82, 2.24) is 5.06 Å². The number of rotatable bonds is 2. The van der Waals surface area contributed by atoms with Crippen LogP contribution in [0.25, 0.3) is 0 Å². The molecule has 5 nitrogen and oxygen atoms in total. The summed E-state index contributed by atoms with van der Waals surface area (Å²) in [6.45, 7) is 4.58. The first-order valence-corrected chi connectivity index (χ1v) is 7.85. The van der Waals surface area contributed by atoms with Crippen LogP contribution in [-0.2, 0) is 14.3 Å². The lowest BCUT2D eigenvalue weighted by molar-refractivity contribution is -0.148. The van der Waals surface area contributed by atoms with Gasteiger partial charge in [0.2, 0.25) is 0 Å². The fourth-order valence-electron chi connectivity index (χ4n) is 3.83. The maximum absolute atomic E-state index is 12.2. The molecule has 5 atom stereocenters. The average molecular weight is 295 g/mol. The first-order valence-electron chi connectivity index (χ1n) is 7.85. The zero-order valence-corrected chi connectivity index (χ0v) is 13.0. The highest BCUT2D eigenvalue weighted by Crippen LogP contribution is 2.50. The van der Waals surface area contributed by atoms with Crippen LogP contribution in [0, 0.1) is 11.8 Å². The second kappa shape index (κ2) is 5.38. The SMILES string of the molecule is C/C1=C\CC[C@@]2(C)O[C@H]2[C@H]2OC(=O)[C@@H](CN(C)O)[C@@H]2CC1. The van der Waals surface area contributed by atoms with Crippen LogP contribution in [0.3, 0.4) is 0 Å². The van der Waals surface area contributed by atoms with Gasteiger partial charge < -0.3 is 14.7 Å². The van der Waals surface area contributed by atoms with E-state index in [0.717, 1.165) is 30.7 Å². The molecule has 0 aromatic rings. The molecule has 2 fully saturated rings. The van der Waals surface area contributed by atoms with Crippen molar-refractivity contribution in [2.45, 2.75) is 57.3 Å². The Morgan fingerprint density at radius 1 is 1.52 bits per heavy atom. The molecule has 2 saturated heterocycles. The Morgan fingerprint density at radius 3 is 3.00 bits per heavy atom. The summed E-state index contributed by atoms with van der Waals surface area (Å²) in [6.07, 6.45) is 6.04. The second-order valence-electron chi connectivity index (χ2n) is 6.99. The van der Waals surface area contributed by atoms with Gasteiger partial charge in [0.25, 0.3) is 0 Å². The van der Waals surface area contributed by atoms with Gasteiger partial charge in [-0.3, -0.25) is 4.79 Å². The van der Waals surface area contributed by atoms with Crippen LogP contribution in [0.2, 0.25) is 0 Å². The van der Waals surface area contributed by atoms with E-state index in [0.29, 0.717) is 6.54 Å². The number of fused-ring (bicyclic) bond motifs is 3. The number of hydrogen-bond acceptors (Lipinski definition) is 5. The third kappa shape index (κ3) is 2.87. The monoisotopic (exact) mass is 295 g/mol. The van der Waals surface area contributed by atoms with Crippen molar-refractivity contribution in [2.24, 2.45) is 11.8 Å². The molecule has 0 radical (unpaired) electrons. The van der Waals surface area contributed by atoms with Gasteiger partial charge in [0.1, 0.15) is 12.2 Å². The van der Waals surface area contributed by atoms with E-state index in [2.05, 4.69) is 19.9 Å². The minimum Gasteiger partial charge on any atom is -0.459 e. The molecule has 0 amide bonds. The largest absolute Gasteiger partial charge is 0.459 e. The maximum Gasteiger partial charge on any atom is 0.311 e. The Hall–Kier alpha value is -0.910. The fraction of sp³-hybridized carbons (Fsp3) is 0.812. The number of epoxide rings is 1. The Kier molecular flexibility index (Phi) is 3.84. The number of hydrogen-bond donors (Lipinski definition) is 1. The predicted molar refractivity (Wildman–Crippen MR) is 76.8 cm³/mol. The molecule has 3 aliphatic rings. The molecule has 0 aromatic heterocycles. The summed E-state index contributed by atoms with van der Waals surface area (Å²) in [6, 6.07) is 0. The number of ether oxygens (including phenoxy) is 2. The predicted octanol–water partition coefficient (Wildman–Crippen LogP) is 2.14. The lowest BCUT2D eigenvalue weighted by Gasteiger charge is -2.23. The second-order valence-corrected chi connectivity index (χ2v) is 6.99. The normalized spacial score (nSPS) is 45.4. The van der Waals surface area contributed by atoms with Gasteiger partial charge in [-0.2, -0.15) is 5.06 Å². The highest BCUT2D eigenvalue weighted by Gasteiger charge is 2.62. The van der Waals surface area contributed by atoms with Crippen LogP contribution in [0.15, 0.2) is 11.6 Å². The van der Waals surface area contributed by atoms with Crippen LogP contribution < -0.4 is 0 Å². The van der Waals surface area contributed by atoms with Gasteiger partial charge >= 0.3 is 5.97 Å². The highest BCUT2D eigenvalue weighted by molar-refractivity contribution is 5.75. The van der Waals surface area contributed by atoms with Crippen molar-refractivity contribution in [3.8, 4) is 0 Å². The average Bonchev–Trinajstić information content (AvgIpc) is 2.97. The number of carbonyl (C=O) groups is 1. The minimum atomic E-state index is -0.259. The first-order chi connectivity index (χ1) is 9.90. The quantitative estimate of drug-likeness (QED) is 0.366. The lowest BCUT2D eigenvalue weighted by atomic mass is 9.80. The molecule has 0 bridgehead atoms. The van der Waals surface area contributed by atoms with Gasteiger partial charge in [-0.25, -0.2) is 0 Å². The van der Waals surface area contributed by atoms with Crippen LogP contribution in [0.1, 0.15) is 39.5 Å². The van der Waals surface area contributed by atoms with E-state index in [9.17, 15) is 10.0 Å². The molecule has 0 saturated carbocycles. The molecule has 0 unspecified atom stereocenters. The van der Waals surface area contributed by atoms with Gasteiger partial charge in [0.05, 0.1) is 11.5 Å². The molecule has 2 heterocycles. The van der Waals surface area contributed by atoms with Crippen molar-refractivity contribution < 1.29 is 19.5 Å². The minimum absolute atomic E-state index is 0.0206. The van der Waals surface area contributed by atoms with Gasteiger partial charge in [0, 0.05) is 19.5 Å². The molecule has 0 spiro atoms. The summed E-state index contributed by atoms with van der Waals surface area (Å²) in [5, 5.41) is 10.6. The van der Waals surface area contributed by atoms with Gasteiger partial charge in [0.15, 0.2) is 0 Å². The number of nitrogens with zero attached hydrogens (tertiary/aromatic N) is 1.